The SMILES string of the molecule is O=C(CC1CCCCC1)c1ccc2c(c1)CN(C(=O)c1ccc(OCCCN3CCCCC3)cc1)C2. The molecule has 2 heterocycles. The molecule has 0 bridgehead atoms. The van der Waals surface area contributed by atoms with Crippen molar-refractivity contribution in [1.29, 1.82) is 0 Å². The molecular formula is C31H40N2O3. The van der Waals surface area contributed by atoms with Gasteiger partial charge in [0.05, 0.1) is 6.61 Å². The molecule has 2 fully saturated rings. The minimum Gasteiger partial charge on any atom is -0.494 e. The third kappa shape index (κ3) is 6.36. The Kier molecular flexibility index (Phi) is 8.37. The van der Waals surface area contributed by atoms with Crippen LogP contribution in [0.25, 0.3) is 0 Å². The number of fused-ring (bicyclic) bond motifs is 1. The van der Waals surface area contributed by atoms with Gasteiger partial charge in [0.15, 0.2) is 5.78 Å². The zero-order valence-corrected chi connectivity index (χ0v) is 21.6. The molecule has 0 unspecified atom stereocenters. The van der Waals surface area contributed by atoms with E-state index in [1.165, 1.54) is 64.5 Å². The number of benzene rings is 2. The Bertz CT molecular complexity index is 1040. The first-order valence-corrected chi connectivity index (χ1v) is 14.1. The van der Waals surface area contributed by atoms with Crippen molar-refractivity contribution in [3.8, 4) is 5.75 Å². The lowest BCUT2D eigenvalue weighted by Gasteiger charge is -2.26. The Hall–Kier alpha value is -2.66. The van der Waals surface area contributed by atoms with Crippen LogP contribution in [-0.2, 0) is 13.1 Å². The largest absolute Gasteiger partial charge is 0.494 e. The predicted molar refractivity (Wildman–Crippen MR) is 142 cm³/mol. The van der Waals surface area contributed by atoms with Gasteiger partial charge in [-0.2, -0.15) is 0 Å². The highest BCUT2D eigenvalue weighted by Gasteiger charge is 2.26. The number of rotatable bonds is 9. The molecule has 5 nitrogen and oxygen atoms in total. The summed E-state index contributed by atoms with van der Waals surface area (Å²) in [4.78, 5) is 30.4. The van der Waals surface area contributed by atoms with Crippen LogP contribution < -0.4 is 4.74 Å². The molecule has 1 saturated heterocycles. The summed E-state index contributed by atoms with van der Waals surface area (Å²) in [6, 6.07) is 13.6. The van der Waals surface area contributed by atoms with Gasteiger partial charge in [-0.1, -0.05) is 50.7 Å². The summed E-state index contributed by atoms with van der Waals surface area (Å²) < 4.78 is 5.91. The lowest BCUT2D eigenvalue weighted by Crippen LogP contribution is -2.31. The molecule has 36 heavy (non-hydrogen) atoms. The van der Waals surface area contributed by atoms with Crippen molar-refractivity contribution in [2.24, 2.45) is 5.92 Å². The molecular weight excluding hydrogens is 448 g/mol. The highest BCUT2D eigenvalue weighted by molar-refractivity contribution is 5.97. The van der Waals surface area contributed by atoms with E-state index >= 15 is 0 Å². The summed E-state index contributed by atoms with van der Waals surface area (Å²) in [5.74, 6) is 1.63. The first kappa shape index (κ1) is 25.0. The fourth-order valence-corrected chi connectivity index (χ4v) is 6.02. The Morgan fingerprint density at radius 2 is 1.50 bits per heavy atom. The van der Waals surface area contributed by atoms with Crippen LogP contribution in [0.2, 0.25) is 0 Å². The average Bonchev–Trinajstić information content (AvgIpc) is 3.36. The molecule has 1 amide bonds. The minimum absolute atomic E-state index is 0.0259. The van der Waals surface area contributed by atoms with Gasteiger partial charge in [-0.05, 0) is 79.7 Å². The Morgan fingerprint density at radius 3 is 2.28 bits per heavy atom. The van der Waals surface area contributed by atoms with Gasteiger partial charge in [-0.15, -0.1) is 0 Å². The molecule has 2 aromatic carbocycles. The standard InChI is InChI=1S/C31H40N2O3/c34-30(20-24-8-3-1-4-9-24)26-10-11-27-22-33(23-28(27)21-26)31(35)25-12-14-29(15-13-25)36-19-7-18-32-16-5-2-6-17-32/h10-15,21,24H,1-9,16-20,22-23H2. The Labute approximate surface area is 215 Å². The second-order valence-corrected chi connectivity index (χ2v) is 10.9. The first-order valence-electron chi connectivity index (χ1n) is 14.1. The van der Waals surface area contributed by atoms with Crippen LogP contribution >= 0.6 is 0 Å². The van der Waals surface area contributed by atoms with E-state index in [0.29, 0.717) is 37.6 Å². The quantitative estimate of drug-likeness (QED) is 0.309. The summed E-state index contributed by atoms with van der Waals surface area (Å²) in [7, 11) is 0. The number of hydrogen-bond acceptors (Lipinski definition) is 4. The monoisotopic (exact) mass is 488 g/mol. The van der Waals surface area contributed by atoms with Crippen LogP contribution in [0.4, 0.5) is 0 Å². The van der Waals surface area contributed by atoms with Gasteiger partial charge >= 0.3 is 0 Å². The highest BCUT2D eigenvalue weighted by Crippen LogP contribution is 2.30. The van der Waals surface area contributed by atoms with Crippen LogP contribution in [0, 0.1) is 5.92 Å². The number of piperidine rings is 1. The minimum atomic E-state index is 0.0259. The Balaban J connectivity index is 1.10. The molecule has 5 heteroatoms. The molecule has 5 rings (SSSR count). The molecule has 0 spiro atoms. The third-order valence-electron chi connectivity index (χ3n) is 8.17. The maximum atomic E-state index is 13.2. The van der Waals surface area contributed by atoms with Gasteiger partial charge in [0.25, 0.3) is 5.91 Å². The topological polar surface area (TPSA) is 49.9 Å². The van der Waals surface area contributed by atoms with E-state index in [4.69, 9.17) is 4.74 Å². The number of amides is 1. The number of Topliss-reactive ketones (excluding diaryl/α,β-unsaturated/α-hetero) is 1. The summed E-state index contributed by atoms with van der Waals surface area (Å²) in [5.41, 5.74) is 3.73. The lowest BCUT2D eigenvalue weighted by atomic mass is 9.84. The summed E-state index contributed by atoms with van der Waals surface area (Å²) in [6.07, 6.45) is 11.9. The van der Waals surface area contributed by atoms with Crippen molar-refractivity contribution in [3.05, 3.63) is 64.7 Å². The third-order valence-corrected chi connectivity index (χ3v) is 8.17. The van der Waals surface area contributed by atoms with E-state index in [1.54, 1.807) is 0 Å². The maximum absolute atomic E-state index is 13.2. The zero-order chi connectivity index (χ0) is 24.7. The number of likely N-dealkylation sites (tertiary alicyclic amines) is 1. The molecule has 2 aliphatic heterocycles. The molecule has 192 valence electrons. The fraction of sp³-hybridized carbons (Fsp3) is 0.548. The molecule has 3 aliphatic rings. The summed E-state index contributed by atoms with van der Waals surface area (Å²) >= 11 is 0. The molecule has 1 aliphatic carbocycles. The van der Waals surface area contributed by atoms with E-state index in [9.17, 15) is 9.59 Å². The second-order valence-electron chi connectivity index (χ2n) is 10.9. The van der Waals surface area contributed by atoms with Crippen molar-refractivity contribution in [2.45, 2.75) is 77.3 Å². The first-order chi connectivity index (χ1) is 17.7. The average molecular weight is 489 g/mol. The molecule has 0 atom stereocenters. The number of ether oxygens (including phenoxy) is 1. The fourth-order valence-electron chi connectivity index (χ4n) is 6.02. The van der Waals surface area contributed by atoms with E-state index in [1.807, 2.05) is 47.4 Å². The number of hydrogen-bond donors (Lipinski definition) is 0. The van der Waals surface area contributed by atoms with Crippen molar-refractivity contribution in [1.82, 2.24) is 9.80 Å². The van der Waals surface area contributed by atoms with Crippen LogP contribution in [-0.4, -0.2) is 47.7 Å². The second kappa shape index (κ2) is 12.1. The number of ketones is 1. The summed E-state index contributed by atoms with van der Waals surface area (Å²) in [5, 5.41) is 0. The van der Waals surface area contributed by atoms with Crippen molar-refractivity contribution >= 4 is 11.7 Å². The number of nitrogens with zero attached hydrogens (tertiary/aromatic N) is 2. The van der Waals surface area contributed by atoms with Gasteiger partial charge in [0.1, 0.15) is 5.75 Å². The van der Waals surface area contributed by atoms with Gasteiger partial charge < -0.3 is 14.5 Å². The molecule has 0 radical (unpaired) electrons. The van der Waals surface area contributed by atoms with Crippen LogP contribution in [0.3, 0.4) is 0 Å². The Morgan fingerprint density at radius 1 is 0.806 bits per heavy atom. The van der Waals surface area contributed by atoms with E-state index in [0.717, 1.165) is 35.4 Å². The van der Waals surface area contributed by atoms with Crippen molar-refractivity contribution in [3.63, 3.8) is 0 Å². The van der Waals surface area contributed by atoms with Crippen LogP contribution in [0.15, 0.2) is 42.5 Å². The maximum Gasteiger partial charge on any atom is 0.254 e. The van der Waals surface area contributed by atoms with E-state index in [2.05, 4.69) is 4.90 Å². The van der Waals surface area contributed by atoms with Gasteiger partial charge in [0, 0.05) is 37.2 Å². The smallest absolute Gasteiger partial charge is 0.254 e. The van der Waals surface area contributed by atoms with E-state index < -0.39 is 0 Å². The molecule has 1 saturated carbocycles. The van der Waals surface area contributed by atoms with Crippen molar-refractivity contribution in [2.75, 3.05) is 26.2 Å². The number of carbonyl (C=O) groups excluding carboxylic acids is 2. The zero-order valence-electron chi connectivity index (χ0n) is 21.6. The summed E-state index contributed by atoms with van der Waals surface area (Å²) in [6.45, 7) is 5.39. The van der Waals surface area contributed by atoms with Crippen LogP contribution in [0.5, 0.6) is 5.75 Å². The number of carbonyl (C=O) groups is 2. The predicted octanol–water partition coefficient (Wildman–Crippen LogP) is 6.25. The van der Waals surface area contributed by atoms with E-state index in [-0.39, 0.29) is 11.7 Å². The molecule has 0 aromatic heterocycles. The van der Waals surface area contributed by atoms with Crippen LogP contribution in [0.1, 0.15) is 96.1 Å². The molecule has 0 N–H and O–H groups in total. The highest BCUT2D eigenvalue weighted by atomic mass is 16.5. The van der Waals surface area contributed by atoms with Gasteiger partial charge in [-0.25, -0.2) is 0 Å². The normalized spacial score (nSPS) is 18.7. The van der Waals surface area contributed by atoms with Gasteiger partial charge in [0.2, 0.25) is 0 Å². The lowest BCUT2D eigenvalue weighted by molar-refractivity contribution is 0.0751. The molecule has 2 aromatic rings. The van der Waals surface area contributed by atoms with Crippen molar-refractivity contribution < 1.29 is 14.3 Å². The van der Waals surface area contributed by atoms with Gasteiger partial charge in [-0.3, -0.25) is 9.59 Å².